The molecule has 0 aliphatic heterocycles. The lowest BCUT2D eigenvalue weighted by Crippen LogP contribution is -2.43. The average molecular weight is 404 g/mol. The number of nitrogens with zero attached hydrogens (tertiary/aromatic N) is 2. The molecule has 0 atom stereocenters. The van der Waals surface area contributed by atoms with Crippen molar-refractivity contribution in [2.24, 2.45) is 0 Å². The van der Waals surface area contributed by atoms with E-state index in [2.05, 4.69) is 38.3 Å². The van der Waals surface area contributed by atoms with Gasteiger partial charge in [-0.3, -0.25) is 0 Å². The molecular formula is C20H26BrN3O. The molecule has 1 N–H and O–H groups in total. The standard InChI is InChI=1S/C20H26BrN3O/c1-23(2)14-15-24(16-18-8-10-19(21)11-9-18)20(25)22-13-12-17-6-4-3-5-7-17/h3-11H,12-16H2,1-2H3,(H,22,25). The third kappa shape index (κ3) is 7.28. The first-order valence-electron chi connectivity index (χ1n) is 8.50. The van der Waals surface area contributed by atoms with Gasteiger partial charge in [0.1, 0.15) is 0 Å². The second-order valence-electron chi connectivity index (χ2n) is 6.32. The molecule has 0 aromatic heterocycles. The molecule has 25 heavy (non-hydrogen) atoms. The Morgan fingerprint density at radius 3 is 2.28 bits per heavy atom. The third-order valence-electron chi connectivity index (χ3n) is 3.92. The van der Waals surface area contributed by atoms with Crippen molar-refractivity contribution in [2.45, 2.75) is 13.0 Å². The lowest BCUT2D eigenvalue weighted by atomic mass is 10.1. The summed E-state index contributed by atoms with van der Waals surface area (Å²) in [5.41, 5.74) is 2.36. The van der Waals surface area contributed by atoms with E-state index in [0.29, 0.717) is 19.6 Å². The van der Waals surface area contributed by atoms with Crippen LogP contribution in [-0.2, 0) is 13.0 Å². The minimum Gasteiger partial charge on any atom is -0.338 e. The topological polar surface area (TPSA) is 35.6 Å². The minimum atomic E-state index is -0.0132. The maximum absolute atomic E-state index is 12.6. The van der Waals surface area contributed by atoms with Crippen LogP contribution in [0, 0.1) is 0 Å². The number of hydrogen-bond acceptors (Lipinski definition) is 2. The van der Waals surface area contributed by atoms with Crippen LogP contribution in [-0.4, -0.2) is 49.6 Å². The summed E-state index contributed by atoms with van der Waals surface area (Å²) in [5, 5.41) is 3.05. The highest BCUT2D eigenvalue weighted by atomic mass is 79.9. The number of likely N-dealkylation sites (N-methyl/N-ethyl adjacent to an activating group) is 1. The Morgan fingerprint density at radius 2 is 1.64 bits per heavy atom. The van der Waals surface area contributed by atoms with Crippen LogP contribution in [0.2, 0.25) is 0 Å². The Morgan fingerprint density at radius 1 is 0.960 bits per heavy atom. The molecule has 0 aliphatic carbocycles. The van der Waals surface area contributed by atoms with Gasteiger partial charge in [0.25, 0.3) is 0 Å². The van der Waals surface area contributed by atoms with Gasteiger partial charge in [-0.1, -0.05) is 58.4 Å². The molecule has 0 unspecified atom stereocenters. The zero-order valence-electron chi connectivity index (χ0n) is 14.9. The van der Waals surface area contributed by atoms with Gasteiger partial charge in [0, 0.05) is 30.7 Å². The fourth-order valence-electron chi connectivity index (χ4n) is 2.45. The number of carbonyl (C=O) groups is 1. The first-order chi connectivity index (χ1) is 12.0. The van der Waals surface area contributed by atoms with Crippen LogP contribution in [0.5, 0.6) is 0 Å². The summed E-state index contributed by atoms with van der Waals surface area (Å²) in [6.07, 6.45) is 0.840. The van der Waals surface area contributed by atoms with Crippen molar-refractivity contribution in [1.82, 2.24) is 15.1 Å². The summed E-state index contributed by atoms with van der Waals surface area (Å²) < 4.78 is 1.04. The molecule has 2 rings (SSSR count). The van der Waals surface area contributed by atoms with Gasteiger partial charge in [0.15, 0.2) is 0 Å². The molecule has 0 heterocycles. The molecule has 0 radical (unpaired) electrons. The molecule has 2 amide bonds. The highest BCUT2D eigenvalue weighted by Gasteiger charge is 2.13. The van der Waals surface area contributed by atoms with Gasteiger partial charge in [-0.25, -0.2) is 4.79 Å². The van der Waals surface area contributed by atoms with Crippen LogP contribution in [0.3, 0.4) is 0 Å². The van der Waals surface area contributed by atoms with E-state index in [9.17, 15) is 4.79 Å². The number of urea groups is 1. The normalized spacial score (nSPS) is 10.7. The maximum Gasteiger partial charge on any atom is 0.317 e. The first kappa shape index (κ1) is 19.5. The number of hydrogen-bond donors (Lipinski definition) is 1. The van der Waals surface area contributed by atoms with Crippen LogP contribution in [0.15, 0.2) is 59.1 Å². The summed E-state index contributed by atoms with van der Waals surface area (Å²) in [6.45, 7) is 2.78. The SMILES string of the molecule is CN(C)CCN(Cc1ccc(Br)cc1)C(=O)NCCc1ccccc1. The van der Waals surface area contributed by atoms with Gasteiger partial charge in [-0.05, 0) is 43.8 Å². The quantitative estimate of drug-likeness (QED) is 0.727. The Bertz CT molecular complexity index is 644. The number of rotatable bonds is 8. The largest absolute Gasteiger partial charge is 0.338 e. The van der Waals surface area contributed by atoms with Gasteiger partial charge in [0.05, 0.1) is 0 Å². The van der Waals surface area contributed by atoms with Crippen molar-refractivity contribution >= 4 is 22.0 Å². The van der Waals surface area contributed by atoms with Gasteiger partial charge in [-0.15, -0.1) is 0 Å². The number of amides is 2. The van der Waals surface area contributed by atoms with Gasteiger partial charge in [-0.2, -0.15) is 0 Å². The summed E-state index contributed by atoms with van der Waals surface area (Å²) in [6, 6.07) is 18.3. The van der Waals surface area contributed by atoms with Gasteiger partial charge in [0.2, 0.25) is 0 Å². The van der Waals surface area contributed by atoms with Gasteiger partial charge >= 0.3 is 6.03 Å². The molecule has 0 fully saturated rings. The van der Waals surface area contributed by atoms with E-state index in [0.717, 1.165) is 23.0 Å². The van der Waals surface area contributed by atoms with Crippen LogP contribution in [0.4, 0.5) is 4.79 Å². The van der Waals surface area contributed by atoms with Crippen LogP contribution in [0.25, 0.3) is 0 Å². The molecule has 5 heteroatoms. The fraction of sp³-hybridized carbons (Fsp3) is 0.350. The zero-order valence-corrected chi connectivity index (χ0v) is 16.5. The summed E-state index contributed by atoms with van der Waals surface area (Å²) >= 11 is 3.45. The molecule has 0 bridgehead atoms. The van der Waals surface area contributed by atoms with Crippen LogP contribution >= 0.6 is 15.9 Å². The van der Waals surface area contributed by atoms with E-state index < -0.39 is 0 Å². The number of nitrogens with one attached hydrogen (secondary N) is 1. The third-order valence-corrected chi connectivity index (χ3v) is 4.45. The molecule has 2 aromatic rings. The van der Waals surface area contributed by atoms with Crippen molar-refractivity contribution in [3.05, 3.63) is 70.2 Å². The monoisotopic (exact) mass is 403 g/mol. The zero-order chi connectivity index (χ0) is 18.1. The molecule has 2 aromatic carbocycles. The van der Waals surface area contributed by atoms with Crippen molar-refractivity contribution in [1.29, 1.82) is 0 Å². The van der Waals surface area contributed by atoms with E-state index in [1.165, 1.54) is 5.56 Å². The lowest BCUT2D eigenvalue weighted by Gasteiger charge is -2.25. The van der Waals surface area contributed by atoms with Crippen molar-refractivity contribution in [2.75, 3.05) is 33.7 Å². The van der Waals surface area contributed by atoms with Crippen molar-refractivity contribution < 1.29 is 4.79 Å². The van der Waals surface area contributed by atoms with Crippen molar-refractivity contribution in [3.8, 4) is 0 Å². The highest BCUT2D eigenvalue weighted by molar-refractivity contribution is 9.10. The Kier molecular flexibility index (Phi) is 7.95. The molecule has 0 saturated carbocycles. The van der Waals surface area contributed by atoms with Crippen LogP contribution < -0.4 is 5.32 Å². The van der Waals surface area contributed by atoms with Crippen LogP contribution in [0.1, 0.15) is 11.1 Å². The molecule has 4 nitrogen and oxygen atoms in total. The number of benzene rings is 2. The molecule has 0 saturated heterocycles. The minimum absolute atomic E-state index is 0.0132. The van der Waals surface area contributed by atoms with Crippen molar-refractivity contribution in [3.63, 3.8) is 0 Å². The molecule has 0 spiro atoms. The first-order valence-corrected chi connectivity index (χ1v) is 9.30. The van der Waals surface area contributed by atoms with E-state index in [-0.39, 0.29) is 6.03 Å². The summed E-state index contributed by atoms with van der Waals surface area (Å²) in [7, 11) is 4.04. The predicted octanol–water partition coefficient (Wildman–Crippen LogP) is 3.77. The molecule has 134 valence electrons. The van der Waals surface area contributed by atoms with E-state index in [1.807, 2.05) is 61.5 Å². The predicted molar refractivity (Wildman–Crippen MR) is 107 cm³/mol. The number of halogens is 1. The lowest BCUT2D eigenvalue weighted by molar-refractivity contribution is 0.189. The summed E-state index contributed by atoms with van der Waals surface area (Å²) in [4.78, 5) is 16.6. The van der Waals surface area contributed by atoms with E-state index in [1.54, 1.807) is 0 Å². The van der Waals surface area contributed by atoms with E-state index in [4.69, 9.17) is 0 Å². The highest BCUT2D eigenvalue weighted by Crippen LogP contribution is 2.12. The Balaban J connectivity index is 1.90. The fourth-order valence-corrected chi connectivity index (χ4v) is 2.72. The average Bonchev–Trinajstić information content (AvgIpc) is 2.61. The summed E-state index contributed by atoms with van der Waals surface area (Å²) in [5.74, 6) is 0. The second-order valence-corrected chi connectivity index (χ2v) is 7.23. The smallest absolute Gasteiger partial charge is 0.317 e. The second kappa shape index (κ2) is 10.2. The molecule has 0 aliphatic rings. The van der Waals surface area contributed by atoms with Gasteiger partial charge < -0.3 is 15.1 Å². The maximum atomic E-state index is 12.6. The Labute approximate surface area is 159 Å². The Hall–Kier alpha value is -1.85. The number of carbonyl (C=O) groups excluding carboxylic acids is 1. The molecular weight excluding hydrogens is 378 g/mol. The van der Waals surface area contributed by atoms with E-state index >= 15 is 0 Å².